The average molecular weight is 294 g/mol. The van der Waals surface area contributed by atoms with Gasteiger partial charge in [0.1, 0.15) is 0 Å². The van der Waals surface area contributed by atoms with Gasteiger partial charge in [-0.05, 0) is 24.6 Å². The maximum Gasteiger partial charge on any atom is 0.269 e. The zero-order valence-corrected chi connectivity index (χ0v) is 12.0. The zero-order chi connectivity index (χ0) is 15.5. The summed E-state index contributed by atoms with van der Waals surface area (Å²) in [4.78, 5) is 10.3. The number of aromatic nitrogens is 3. The second kappa shape index (κ2) is 5.77. The lowest BCUT2D eigenvalue weighted by molar-refractivity contribution is -0.384. The molecule has 22 heavy (non-hydrogen) atoms. The number of benzene rings is 2. The van der Waals surface area contributed by atoms with Crippen molar-refractivity contribution in [2.24, 2.45) is 0 Å². The summed E-state index contributed by atoms with van der Waals surface area (Å²) >= 11 is 0. The molecular weight excluding hydrogens is 280 g/mol. The average Bonchev–Trinajstić information content (AvgIpc) is 2.89. The summed E-state index contributed by atoms with van der Waals surface area (Å²) in [7, 11) is 0. The molecule has 3 rings (SSSR count). The van der Waals surface area contributed by atoms with Gasteiger partial charge in [0.05, 0.1) is 22.9 Å². The topological polar surface area (TPSA) is 73.8 Å². The summed E-state index contributed by atoms with van der Waals surface area (Å²) in [5, 5.41) is 19.1. The van der Waals surface area contributed by atoms with Crippen molar-refractivity contribution in [3.63, 3.8) is 0 Å². The summed E-state index contributed by atoms with van der Waals surface area (Å²) in [6.07, 6.45) is 0. The Morgan fingerprint density at radius 1 is 1.09 bits per heavy atom. The summed E-state index contributed by atoms with van der Waals surface area (Å²) < 4.78 is 1.81. The first-order valence-electron chi connectivity index (χ1n) is 6.84. The fraction of sp³-hybridized carbons (Fsp3) is 0.125. The highest BCUT2D eigenvalue weighted by molar-refractivity contribution is 5.63. The van der Waals surface area contributed by atoms with Crippen molar-refractivity contribution < 1.29 is 4.92 Å². The van der Waals surface area contributed by atoms with Crippen molar-refractivity contribution in [2.75, 3.05) is 0 Å². The van der Waals surface area contributed by atoms with Crippen LogP contribution in [0.3, 0.4) is 0 Å². The minimum absolute atomic E-state index is 0.0727. The molecule has 2 aromatic carbocycles. The molecule has 6 nitrogen and oxygen atoms in total. The Kier molecular flexibility index (Phi) is 3.65. The van der Waals surface area contributed by atoms with Crippen molar-refractivity contribution in [3.05, 3.63) is 76.0 Å². The van der Waals surface area contributed by atoms with E-state index in [-0.39, 0.29) is 5.69 Å². The third-order valence-corrected chi connectivity index (χ3v) is 3.43. The second-order valence-corrected chi connectivity index (χ2v) is 4.97. The Labute approximate surface area is 127 Å². The highest BCUT2D eigenvalue weighted by atomic mass is 16.6. The SMILES string of the molecule is Cc1nnn(Cc2ccccc2)c1-c1ccc([N+](=O)[O-])cc1. The number of non-ortho nitro benzene ring substituents is 1. The van der Waals surface area contributed by atoms with Gasteiger partial charge < -0.3 is 0 Å². The van der Waals surface area contributed by atoms with Gasteiger partial charge in [0.15, 0.2) is 0 Å². The van der Waals surface area contributed by atoms with E-state index in [1.54, 1.807) is 12.1 Å². The molecule has 0 amide bonds. The summed E-state index contributed by atoms with van der Waals surface area (Å²) in [5.41, 5.74) is 3.73. The maximum atomic E-state index is 10.7. The molecule has 0 N–H and O–H groups in total. The van der Waals surface area contributed by atoms with E-state index in [4.69, 9.17) is 0 Å². The van der Waals surface area contributed by atoms with Gasteiger partial charge in [-0.2, -0.15) is 0 Å². The van der Waals surface area contributed by atoms with E-state index in [2.05, 4.69) is 10.3 Å². The summed E-state index contributed by atoms with van der Waals surface area (Å²) in [6, 6.07) is 16.4. The molecule has 0 spiro atoms. The Morgan fingerprint density at radius 2 is 1.77 bits per heavy atom. The van der Waals surface area contributed by atoms with E-state index in [1.807, 2.05) is 41.9 Å². The van der Waals surface area contributed by atoms with Crippen LogP contribution < -0.4 is 0 Å². The lowest BCUT2D eigenvalue weighted by Crippen LogP contribution is -2.04. The van der Waals surface area contributed by atoms with Crippen molar-refractivity contribution in [1.82, 2.24) is 15.0 Å². The predicted molar refractivity (Wildman–Crippen MR) is 82.4 cm³/mol. The molecule has 3 aromatic rings. The van der Waals surface area contributed by atoms with Gasteiger partial charge in [0, 0.05) is 17.7 Å². The van der Waals surface area contributed by atoms with E-state index in [0.717, 1.165) is 22.5 Å². The normalized spacial score (nSPS) is 10.6. The van der Waals surface area contributed by atoms with Crippen LogP contribution in [0.1, 0.15) is 11.3 Å². The molecule has 0 unspecified atom stereocenters. The molecule has 0 aliphatic rings. The number of hydrogen-bond donors (Lipinski definition) is 0. The fourth-order valence-corrected chi connectivity index (χ4v) is 2.37. The van der Waals surface area contributed by atoms with Gasteiger partial charge in [-0.1, -0.05) is 35.5 Å². The van der Waals surface area contributed by atoms with Gasteiger partial charge in [0.2, 0.25) is 0 Å². The van der Waals surface area contributed by atoms with E-state index >= 15 is 0 Å². The quantitative estimate of drug-likeness (QED) is 0.547. The van der Waals surface area contributed by atoms with Gasteiger partial charge in [-0.25, -0.2) is 4.68 Å². The van der Waals surface area contributed by atoms with Gasteiger partial charge >= 0.3 is 0 Å². The standard InChI is InChI=1S/C16H14N4O2/c1-12-16(14-7-9-15(10-8-14)20(21)22)19(18-17-12)11-13-5-3-2-4-6-13/h2-10H,11H2,1H3. The van der Waals surface area contributed by atoms with Crippen LogP contribution in [0.4, 0.5) is 5.69 Å². The highest BCUT2D eigenvalue weighted by Crippen LogP contribution is 2.24. The van der Waals surface area contributed by atoms with Crippen LogP contribution in [0.15, 0.2) is 54.6 Å². The minimum Gasteiger partial charge on any atom is -0.258 e. The molecular formula is C16H14N4O2. The number of nitro groups is 1. The molecule has 0 saturated carbocycles. The fourth-order valence-electron chi connectivity index (χ4n) is 2.37. The van der Waals surface area contributed by atoms with E-state index in [1.165, 1.54) is 12.1 Å². The monoisotopic (exact) mass is 294 g/mol. The molecule has 0 fully saturated rings. The second-order valence-electron chi connectivity index (χ2n) is 4.97. The van der Waals surface area contributed by atoms with Crippen molar-refractivity contribution in [1.29, 1.82) is 0 Å². The van der Waals surface area contributed by atoms with Crippen LogP contribution in [-0.4, -0.2) is 19.9 Å². The number of nitrogens with zero attached hydrogens (tertiary/aromatic N) is 4. The molecule has 0 saturated heterocycles. The molecule has 110 valence electrons. The van der Waals surface area contributed by atoms with E-state index in [0.29, 0.717) is 6.54 Å². The van der Waals surface area contributed by atoms with Crippen molar-refractivity contribution in [2.45, 2.75) is 13.5 Å². The van der Waals surface area contributed by atoms with Gasteiger partial charge in [0.25, 0.3) is 5.69 Å². The Balaban J connectivity index is 1.97. The van der Waals surface area contributed by atoms with Crippen molar-refractivity contribution in [3.8, 4) is 11.3 Å². The van der Waals surface area contributed by atoms with E-state index in [9.17, 15) is 10.1 Å². The minimum atomic E-state index is -0.407. The predicted octanol–water partition coefficient (Wildman–Crippen LogP) is 3.21. The first-order chi connectivity index (χ1) is 10.6. The number of rotatable bonds is 4. The molecule has 1 aromatic heterocycles. The molecule has 0 aliphatic heterocycles. The lowest BCUT2D eigenvalue weighted by Gasteiger charge is -2.07. The van der Waals surface area contributed by atoms with Gasteiger partial charge in [-0.15, -0.1) is 5.10 Å². The zero-order valence-electron chi connectivity index (χ0n) is 12.0. The Bertz CT molecular complexity index is 795. The largest absolute Gasteiger partial charge is 0.269 e. The maximum absolute atomic E-state index is 10.7. The van der Waals surface area contributed by atoms with Crippen LogP contribution in [0.5, 0.6) is 0 Å². The molecule has 0 radical (unpaired) electrons. The summed E-state index contributed by atoms with van der Waals surface area (Å²) in [5.74, 6) is 0. The molecule has 6 heteroatoms. The van der Waals surface area contributed by atoms with Gasteiger partial charge in [-0.3, -0.25) is 10.1 Å². The van der Waals surface area contributed by atoms with E-state index < -0.39 is 4.92 Å². The van der Waals surface area contributed by atoms with Crippen LogP contribution in [-0.2, 0) is 6.54 Å². The summed E-state index contributed by atoms with van der Waals surface area (Å²) in [6.45, 7) is 2.49. The van der Waals surface area contributed by atoms with Crippen molar-refractivity contribution >= 4 is 5.69 Å². The number of nitro benzene ring substituents is 1. The number of hydrogen-bond acceptors (Lipinski definition) is 4. The number of aryl methyl sites for hydroxylation is 1. The molecule has 0 atom stereocenters. The Morgan fingerprint density at radius 3 is 2.41 bits per heavy atom. The van der Waals surface area contributed by atoms with Crippen LogP contribution in [0, 0.1) is 17.0 Å². The first-order valence-corrected chi connectivity index (χ1v) is 6.84. The van der Waals surface area contributed by atoms with Crippen LogP contribution in [0.2, 0.25) is 0 Å². The lowest BCUT2D eigenvalue weighted by atomic mass is 10.1. The molecule has 0 aliphatic carbocycles. The highest BCUT2D eigenvalue weighted by Gasteiger charge is 2.13. The third-order valence-electron chi connectivity index (χ3n) is 3.43. The first kappa shape index (κ1) is 13.9. The molecule has 0 bridgehead atoms. The van der Waals surface area contributed by atoms with Crippen LogP contribution >= 0.6 is 0 Å². The Hall–Kier alpha value is -3.02. The third kappa shape index (κ3) is 2.71. The van der Waals surface area contributed by atoms with Crippen LogP contribution in [0.25, 0.3) is 11.3 Å². The smallest absolute Gasteiger partial charge is 0.258 e. The molecule has 1 heterocycles.